The highest BCUT2D eigenvalue weighted by Gasteiger charge is 2.28. The second-order valence-electron chi connectivity index (χ2n) is 7.57. The first-order valence-corrected chi connectivity index (χ1v) is 11.4. The molecule has 0 aromatic heterocycles. The van der Waals surface area contributed by atoms with Gasteiger partial charge in [0.15, 0.2) is 5.17 Å². The van der Waals surface area contributed by atoms with E-state index in [0.717, 1.165) is 10.9 Å². The van der Waals surface area contributed by atoms with E-state index in [2.05, 4.69) is 109 Å². The van der Waals surface area contributed by atoms with Gasteiger partial charge in [-0.2, -0.15) is 0 Å². The third kappa shape index (κ3) is 3.61. The van der Waals surface area contributed by atoms with Gasteiger partial charge in [0.05, 0.1) is 6.04 Å². The molecule has 0 amide bonds. The molecule has 0 spiro atoms. The summed E-state index contributed by atoms with van der Waals surface area (Å²) in [7, 11) is 0. The minimum absolute atomic E-state index is 0.120. The minimum Gasteiger partial charge on any atom is -0.356 e. The van der Waals surface area contributed by atoms with Crippen LogP contribution in [-0.4, -0.2) is 11.2 Å². The number of amidine groups is 1. The number of rotatable bonds is 4. The van der Waals surface area contributed by atoms with Crippen LogP contribution in [0.5, 0.6) is 0 Å². The van der Waals surface area contributed by atoms with Gasteiger partial charge in [-0.05, 0) is 45.7 Å². The number of nitrogens with zero attached hydrogens (tertiary/aromatic N) is 1. The summed E-state index contributed by atoms with van der Waals surface area (Å²) in [6.07, 6.45) is 4.32. The highest BCUT2D eigenvalue weighted by Crippen LogP contribution is 2.34. The molecule has 0 radical (unpaired) electrons. The molecule has 1 aliphatic heterocycles. The zero-order valence-electron chi connectivity index (χ0n) is 17.0. The van der Waals surface area contributed by atoms with Gasteiger partial charge < -0.3 is 5.32 Å². The van der Waals surface area contributed by atoms with Crippen LogP contribution in [0, 0.1) is 0 Å². The molecule has 0 saturated heterocycles. The van der Waals surface area contributed by atoms with Crippen LogP contribution >= 0.6 is 11.8 Å². The van der Waals surface area contributed by atoms with Crippen molar-refractivity contribution in [3.8, 4) is 0 Å². The predicted molar refractivity (Wildman–Crippen MR) is 131 cm³/mol. The maximum absolute atomic E-state index is 5.05. The van der Waals surface area contributed by atoms with Crippen molar-refractivity contribution in [1.29, 1.82) is 0 Å². The summed E-state index contributed by atoms with van der Waals surface area (Å²) in [4.78, 5) is 5.05. The van der Waals surface area contributed by atoms with E-state index in [1.165, 1.54) is 32.7 Å². The standard InChI is InChI=1S/C27H24N2S/c1-2-10-25-26(19-11-4-3-5-12-19)29-27(28-25)30-18-24-22-15-8-6-13-20(22)17-21-14-7-9-16-23(21)24/h2-17,25-26H,18H2,1H3,(H,28,29)/b10-2+/t25-,26+/m0/s1. The fourth-order valence-corrected chi connectivity index (χ4v) is 5.24. The molecule has 2 nitrogen and oxygen atoms in total. The number of allylic oxidation sites excluding steroid dienone is 1. The Kier molecular flexibility index (Phi) is 5.29. The Bertz CT molecular complexity index is 1190. The Labute approximate surface area is 181 Å². The molecule has 1 aliphatic rings. The van der Waals surface area contributed by atoms with Crippen LogP contribution in [0.25, 0.3) is 21.5 Å². The van der Waals surface area contributed by atoms with E-state index in [-0.39, 0.29) is 12.1 Å². The summed E-state index contributed by atoms with van der Waals surface area (Å²) in [6.45, 7) is 2.07. The van der Waals surface area contributed by atoms with E-state index in [9.17, 15) is 0 Å². The van der Waals surface area contributed by atoms with Crippen molar-refractivity contribution in [1.82, 2.24) is 5.32 Å². The average Bonchev–Trinajstić information content (AvgIpc) is 3.20. The van der Waals surface area contributed by atoms with Gasteiger partial charge in [0, 0.05) is 5.75 Å². The zero-order chi connectivity index (χ0) is 20.3. The quantitative estimate of drug-likeness (QED) is 0.294. The van der Waals surface area contributed by atoms with Gasteiger partial charge in [-0.15, -0.1) is 0 Å². The minimum atomic E-state index is 0.120. The third-order valence-electron chi connectivity index (χ3n) is 5.66. The van der Waals surface area contributed by atoms with E-state index in [1.54, 1.807) is 11.8 Å². The first-order valence-electron chi connectivity index (χ1n) is 10.4. The summed E-state index contributed by atoms with van der Waals surface area (Å²) >= 11 is 1.80. The van der Waals surface area contributed by atoms with Crippen LogP contribution in [0.1, 0.15) is 24.1 Å². The maximum atomic E-state index is 5.05. The fourth-order valence-electron chi connectivity index (χ4n) is 4.24. The van der Waals surface area contributed by atoms with E-state index >= 15 is 0 Å². The molecule has 148 valence electrons. The van der Waals surface area contributed by atoms with E-state index in [4.69, 9.17) is 4.99 Å². The number of nitrogens with one attached hydrogen (secondary N) is 1. The third-order valence-corrected chi connectivity index (χ3v) is 6.59. The van der Waals surface area contributed by atoms with Crippen molar-refractivity contribution in [3.63, 3.8) is 0 Å². The summed E-state index contributed by atoms with van der Waals surface area (Å²) in [5.74, 6) is 0.887. The van der Waals surface area contributed by atoms with Crippen molar-refractivity contribution in [2.75, 3.05) is 0 Å². The molecular formula is C27H24N2S. The number of hydrogen-bond acceptors (Lipinski definition) is 3. The monoisotopic (exact) mass is 408 g/mol. The van der Waals surface area contributed by atoms with Crippen molar-refractivity contribution in [2.24, 2.45) is 4.99 Å². The number of thioether (sulfide) groups is 1. The van der Waals surface area contributed by atoms with Crippen LogP contribution in [0.4, 0.5) is 0 Å². The summed E-state index contributed by atoms with van der Waals surface area (Å²) in [5, 5.41) is 9.89. The lowest BCUT2D eigenvalue weighted by atomic mass is 9.98. The van der Waals surface area contributed by atoms with Gasteiger partial charge in [0.1, 0.15) is 6.04 Å². The van der Waals surface area contributed by atoms with Gasteiger partial charge in [-0.3, -0.25) is 4.99 Å². The van der Waals surface area contributed by atoms with Gasteiger partial charge in [-0.25, -0.2) is 0 Å². The Hall–Kier alpha value is -3.04. The summed E-state index contributed by atoms with van der Waals surface area (Å²) in [5.41, 5.74) is 2.63. The number of benzene rings is 4. The van der Waals surface area contributed by atoms with Crippen LogP contribution in [0.3, 0.4) is 0 Å². The molecule has 0 fully saturated rings. The second kappa shape index (κ2) is 8.37. The molecule has 0 bridgehead atoms. The molecule has 0 unspecified atom stereocenters. The van der Waals surface area contributed by atoms with Crippen molar-refractivity contribution in [2.45, 2.75) is 24.8 Å². The van der Waals surface area contributed by atoms with Gasteiger partial charge in [0.25, 0.3) is 0 Å². The SMILES string of the molecule is C/C=C/[C@@H]1NC(SCc2c3ccccc3cc3ccccc23)=N[C@@H]1c1ccccc1. The smallest absolute Gasteiger partial charge is 0.158 e. The van der Waals surface area contributed by atoms with Crippen LogP contribution in [0.15, 0.2) is 102 Å². The van der Waals surface area contributed by atoms with Crippen LogP contribution < -0.4 is 5.32 Å². The first-order chi connectivity index (χ1) is 14.8. The molecule has 0 saturated carbocycles. The van der Waals surface area contributed by atoms with Gasteiger partial charge in [0.2, 0.25) is 0 Å². The normalized spacial score (nSPS) is 18.8. The molecule has 0 aliphatic carbocycles. The summed E-state index contributed by atoms with van der Waals surface area (Å²) < 4.78 is 0. The lowest BCUT2D eigenvalue weighted by molar-refractivity contribution is 0.639. The van der Waals surface area contributed by atoms with Crippen molar-refractivity contribution >= 4 is 38.5 Å². The van der Waals surface area contributed by atoms with E-state index in [0.29, 0.717) is 0 Å². The Balaban J connectivity index is 1.48. The number of aliphatic imine (C=N–C) groups is 1. The van der Waals surface area contributed by atoms with E-state index < -0.39 is 0 Å². The van der Waals surface area contributed by atoms with Crippen molar-refractivity contribution in [3.05, 3.63) is 108 Å². The molecule has 5 rings (SSSR count). The second-order valence-corrected chi connectivity index (χ2v) is 8.54. The largest absolute Gasteiger partial charge is 0.356 e. The Morgan fingerprint density at radius 2 is 1.50 bits per heavy atom. The lowest BCUT2D eigenvalue weighted by Crippen LogP contribution is -2.28. The summed E-state index contributed by atoms with van der Waals surface area (Å²) in [6, 6.07) is 30.5. The highest BCUT2D eigenvalue weighted by atomic mass is 32.2. The number of hydrogen-bond donors (Lipinski definition) is 1. The van der Waals surface area contributed by atoms with E-state index in [1.807, 2.05) is 0 Å². The zero-order valence-corrected chi connectivity index (χ0v) is 17.8. The molecular weight excluding hydrogens is 384 g/mol. The van der Waals surface area contributed by atoms with Crippen LogP contribution in [0.2, 0.25) is 0 Å². The molecule has 2 atom stereocenters. The average molecular weight is 409 g/mol. The highest BCUT2D eigenvalue weighted by molar-refractivity contribution is 8.13. The van der Waals surface area contributed by atoms with Gasteiger partial charge >= 0.3 is 0 Å². The Morgan fingerprint density at radius 1 is 0.867 bits per heavy atom. The van der Waals surface area contributed by atoms with Crippen molar-refractivity contribution < 1.29 is 0 Å². The van der Waals surface area contributed by atoms with Gasteiger partial charge in [-0.1, -0.05) is 103 Å². The number of fused-ring (bicyclic) bond motifs is 2. The topological polar surface area (TPSA) is 24.4 Å². The fraction of sp³-hybridized carbons (Fsp3) is 0.148. The van der Waals surface area contributed by atoms with Crippen LogP contribution in [-0.2, 0) is 5.75 Å². The molecule has 1 heterocycles. The molecule has 4 aromatic carbocycles. The maximum Gasteiger partial charge on any atom is 0.158 e. The Morgan fingerprint density at radius 3 is 2.17 bits per heavy atom. The molecule has 30 heavy (non-hydrogen) atoms. The molecule has 3 heteroatoms. The predicted octanol–water partition coefficient (Wildman–Crippen LogP) is 6.87. The first kappa shape index (κ1) is 19.0. The molecule has 1 N–H and O–H groups in total. The molecule has 4 aromatic rings. The lowest BCUT2D eigenvalue weighted by Gasteiger charge is -2.15.